The molecule has 0 aromatic carbocycles. The Kier molecular flexibility index (Phi) is 4.70. The van der Waals surface area contributed by atoms with Gasteiger partial charge in [0.25, 0.3) is 11.8 Å². The van der Waals surface area contributed by atoms with Crippen LogP contribution in [0.5, 0.6) is 0 Å². The summed E-state index contributed by atoms with van der Waals surface area (Å²) in [5.41, 5.74) is 5.09. The van der Waals surface area contributed by atoms with E-state index in [0.29, 0.717) is 6.42 Å². The van der Waals surface area contributed by atoms with Gasteiger partial charge in [-0.3, -0.25) is 25.2 Å². The maximum absolute atomic E-state index is 12.4. The average molecular weight is 373 g/mol. The third-order valence-corrected chi connectivity index (χ3v) is 6.51. The van der Waals surface area contributed by atoms with E-state index in [1.54, 1.807) is 13.0 Å². The fourth-order valence-electron chi connectivity index (χ4n) is 5.87. The Hall–Kier alpha value is -2.31. The van der Waals surface area contributed by atoms with Crippen LogP contribution in [0.1, 0.15) is 62.4 Å². The van der Waals surface area contributed by atoms with Crippen molar-refractivity contribution in [1.82, 2.24) is 16.2 Å². The molecule has 0 radical (unpaired) electrons. The van der Waals surface area contributed by atoms with Gasteiger partial charge in [-0.05, 0) is 80.8 Å². The molecule has 7 nitrogen and oxygen atoms in total. The first kappa shape index (κ1) is 18.1. The summed E-state index contributed by atoms with van der Waals surface area (Å²) in [6.07, 6.45) is 9.33. The van der Waals surface area contributed by atoms with E-state index in [-0.39, 0.29) is 17.1 Å². The van der Waals surface area contributed by atoms with E-state index < -0.39 is 17.9 Å². The number of amides is 3. The van der Waals surface area contributed by atoms with Crippen LogP contribution in [0.4, 0.5) is 0 Å². The molecular weight excluding hydrogens is 346 g/mol. The van der Waals surface area contributed by atoms with Crippen LogP contribution < -0.4 is 16.2 Å². The summed E-state index contributed by atoms with van der Waals surface area (Å²) in [7, 11) is 0. The predicted molar refractivity (Wildman–Crippen MR) is 97.1 cm³/mol. The Labute approximate surface area is 158 Å². The minimum Gasteiger partial charge on any atom is -0.459 e. The molecule has 4 saturated carbocycles. The van der Waals surface area contributed by atoms with Crippen molar-refractivity contribution >= 4 is 17.7 Å². The minimum absolute atomic E-state index is 0.128. The third kappa shape index (κ3) is 3.87. The summed E-state index contributed by atoms with van der Waals surface area (Å²) >= 11 is 0. The molecule has 7 heteroatoms. The summed E-state index contributed by atoms with van der Waals surface area (Å²) in [6, 6.07) is 2.33. The molecule has 4 fully saturated rings. The van der Waals surface area contributed by atoms with Crippen LogP contribution in [0.15, 0.2) is 22.8 Å². The van der Waals surface area contributed by atoms with E-state index in [0.717, 1.165) is 37.0 Å². The quantitative estimate of drug-likeness (QED) is 0.689. The lowest BCUT2D eigenvalue weighted by Crippen LogP contribution is -2.53. The second-order valence-electron chi connectivity index (χ2n) is 8.80. The normalized spacial score (nSPS) is 32.0. The molecule has 3 amide bonds. The van der Waals surface area contributed by atoms with Gasteiger partial charge in [0.05, 0.1) is 6.26 Å². The second kappa shape index (κ2) is 7.02. The zero-order chi connectivity index (χ0) is 19.0. The van der Waals surface area contributed by atoms with E-state index in [1.807, 2.05) is 0 Å². The van der Waals surface area contributed by atoms with Gasteiger partial charge >= 0.3 is 0 Å². The van der Waals surface area contributed by atoms with Crippen LogP contribution in [-0.4, -0.2) is 23.8 Å². The van der Waals surface area contributed by atoms with E-state index in [1.165, 1.54) is 31.6 Å². The molecule has 0 aliphatic heterocycles. The van der Waals surface area contributed by atoms with E-state index in [9.17, 15) is 14.4 Å². The van der Waals surface area contributed by atoms with E-state index in [4.69, 9.17) is 4.42 Å². The molecule has 4 aliphatic carbocycles. The first-order valence-corrected chi connectivity index (χ1v) is 9.85. The van der Waals surface area contributed by atoms with Crippen molar-refractivity contribution in [3.05, 3.63) is 24.2 Å². The highest BCUT2D eigenvalue weighted by Crippen LogP contribution is 2.61. The Morgan fingerprint density at radius 3 is 2.30 bits per heavy atom. The van der Waals surface area contributed by atoms with Gasteiger partial charge in [-0.15, -0.1) is 0 Å². The molecule has 1 atom stereocenters. The van der Waals surface area contributed by atoms with Crippen molar-refractivity contribution in [2.45, 2.75) is 57.9 Å². The first-order chi connectivity index (χ1) is 12.9. The fourth-order valence-corrected chi connectivity index (χ4v) is 5.87. The molecule has 146 valence electrons. The summed E-state index contributed by atoms with van der Waals surface area (Å²) in [4.78, 5) is 36.5. The second-order valence-corrected chi connectivity index (χ2v) is 8.80. The topological polar surface area (TPSA) is 100 Å². The number of hydrogen-bond donors (Lipinski definition) is 3. The molecule has 1 aromatic rings. The number of hydrogen-bond acceptors (Lipinski definition) is 4. The molecule has 1 heterocycles. The van der Waals surface area contributed by atoms with Gasteiger partial charge in [-0.2, -0.15) is 0 Å². The molecule has 1 aromatic heterocycles. The predicted octanol–water partition coefficient (Wildman–Crippen LogP) is 2.15. The van der Waals surface area contributed by atoms with Crippen molar-refractivity contribution in [2.75, 3.05) is 0 Å². The van der Waals surface area contributed by atoms with E-state index >= 15 is 0 Å². The monoisotopic (exact) mass is 373 g/mol. The van der Waals surface area contributed by atoms with E-state index in [2.05, 4.69) is 16.2 Å². The summed E-state index contributed by atoms with van der Waals surface area (Å²) in [5, 5.41) is 2.54. The standard InChI is InChI=1S/C20H27N3O4/c1-12(21-19(26)16-3-2-4-27-16)18(25)23-22-17(24)11-20-8-13-5-14(9-20)7-15(6-13)10-20/h2-4,12-15H,5-11H2,1H3,(H,21,26)(H,22,24)(H,23,25)/t12-,13?,14?,15?,20?/m0/s1. The van der Waals surface area contributed by atoms with Crippen LogP contribution in [0.3, 0.4) is 0 Å². The van der Waals surface area contributed by atoms with Crippen LogP contribution in [0.2, 0.25) is 0 Å². The number of hydrazine groups is 1. The Balaban J connectivity index is 1.24. The summed E-state index contributed by atoms with van der Waals surface area (Å²) in [6.45, 7) is 1.56. The molecule has 3 N–H and O–H groups in total. The SMILES string of the molecule is C[C@H](NC(=O)c1ccco1)C(=O)NNC(=O)CC12CC3CC(CC(C3)C1)C2. The average Bonchev–Trinajstić information content (AvgIpc) is 3.12. The van der Waals surface area contributed by atoms with Gasteiger partial charge in [0.2, 0.25) is 5.91 Å². The molecule has 5 rings (SSSR count). The Morgan fingerprint density at radius 2 is 1.74 bits per heavy atom. The molecule has 0 unspecified atom stereocenters. The summed E-state index contributed by atoms with van der Waals surface area (Å²) in [5.74, 6) is 1.42. The lowest BCUT2D eigenvalue weighted by molar-refractivity contribution is -0.134. The Bertz CT molecular complexity index is 692. The zero-order valence-corrected chi connectivity index (χ0v) is 15.6. The largest absolute Gasteiger partial charge is 0.459 e. The highest BCUT2D eigenvalue weighted by molar-refractivity contribution is 5.95. The first-order valence-electron chi connectivity index (χ1n) is 9.85. The molecule has 0 spiro atoms. The maximum atomic E-state index is 12.4. The third-order valence-electron chi connectivity index (χ3n) is 6.51. The number of nitrogens with one attached hydrogen (secondary N) is 3. The van der Waals surface area contributed by atoms with Gasteiger partial charge in [-0.25, -0.2) is 0 Å². The van der Waals surface area contributed by atoms with Crippen LogP contribution in [0, 0.1) is 23.2 Å². The van der Waals surface area contributed by atoms with Crippen molar-refractivity contribution < 1.29 is 18.8 Å². The minimum atomic E-state index is -0.789. The smallest absolute Gasteiger partial charge is 0.287 e. The Morgan fingerprint density at radius 1 is 1.11 bits per heavy atom. The highest BCUT2D eigenvalue weighted by Gasteiger charge is 2.51. The highest BCUT2D eigenvalue weighted by atomic mass is 16.3. The van der Waals surface area contributed by atoms with Crippen LogP contribution >= 0.6 is 0 Å². The number of carbonyl (C=O) groups is 3. The molecule has 4 aliphatic rings. The van der Waals surface area contributed by atoms with Gasteiger partial charge in [-0.1, -0.05) is 0 Å². The van der Waals surface area contributed by atoms with Crippen molar-refractivity contribution in [3.8, 4) is 0 Å². The van der Waals surface area contributed by atoms with Gasteiger partial charge in [0, 0.05) is 6.42 Å². The molecule has 0 saturated heterocycles. The van der Waals surface area contributed by atoms with Crippen molar-refractivity contribution in [2.24, 2.45) is 23.2 Å². The van der Waals surface area contributed by atoms with Crippen LogP contribution in [-0.2, 0) is 9.59 Å². The lowest BCUT2D eigenvalue weighted by atomic mass is 9.49. The van der Waals surface area contributed by atoms with Gasteiger partial charge in [0.1, 0.15) is 6.04 Å². The van der Waals surface area contributed by atoms with Gasteiger partial charge in [0.15, 0.2) is 5.76 Å². The van der Waals surface area contributed by atoms with Crippen molar-refractivity contribution in [3.63, 3.8) is 0 Å². The summed E-state index contributed by atoms with van der Waals surface area (Å²) < 4.78 is 4.99. The maximum Gasteiger partial charge on any atom is 0.287 e. The number of carbonyl (C=O) groups excluding carboxylic acids is 3. The molecule has 27 heavy (non-hydrogen) atoms. The van der Waals surface area contributed by atoms with Crippen LogP contribution in [0.25, 0.3) is 0 Å². The fraction of sp³-hybridized carbons (Fsp3) is 0.650. The number of furan rings is 1. The lowest BCUT2D eigenvalue weighted by Gasteiger charge is -2.56. The molecule has 4 bridgehead atoms. The number of rotatable bonds is 5. The van der Waals surface area contributed by atoms with Gasteiger partial charge < -0.3 is 9.73 Å². The van der Waals surface area contributed by atoms with Crippen molar-refractivity contribution in [1.29, 1.82) is 0 Å². The molecular formula is C20H27N3O4. The zero-order valence-electron chi connectivity index (χ0n) is 15.6.